The van der Waals surface area contributed by atoms with Crippen LogP contribution in [-0.2, 0) is 7.05 Å². The highest BCUT2D eigenvalue weighted by atomic mass is 16.1. The van der Waals surface area contributed by atoms with Gasteiger partial charge in [0.25, 0.3) is 5.56 Å². The Hall–Kier alpha value is -2.23. The minimum atomic E-state index is -0.376. The molecule has 0 aliphatic carbocycles. The Morgan fingerprint density at radius 2 is 1.94 bits per heavy atom. The van der Waals surface area contributed by atoms with E-state index in [1.807, 2.05) is 32.0 Å². The average molecular weight is 242 g/mol. The van der Waals surface area contributed by atoms with Gasteiger partial charge in [-0.3, -0.25) is 9.59 Å². The second kappa shape index (κ2) is 4.56. The summed E-state index contributed by atoms with van der Waals surface area (Å²) in [5, 5.41) is 4.19. The molecule has 2 rings (SSSR count). The maximum Gasteiger partial charge on any atom is 0.277 e. The molecule has 18 heavy (non-hydrogen) atoms. The third-order valence-corrected chi connectivity index (χ3v) is 2.88. The second-order valence-corrected chi connectivity index (χ2v) is 4.35. The summed E-state index contributed by atoms with van der Waals surface area (Å²) in [5.74, 6) is 0. The fourth-order valence-electron chi connectivity index (χ4n) is 1.95. The van der Waals surface area contributed by atoms with Crippen LogP contribution >= 0.6 is 0 Å². The maximum absolute atomic E-state index is 11.6. The molecule has 0 unspecified atom stereocenters. The van der Waals surface area contributed by atoms with Crippen molar-refractivity contribution in [2.24, 2.45) is 7.05 Å². The van der Waals surface area contributed by atoms with Gasteiger partial charge in [0, 0.05) is 12.6 Å². The molecule has 0 aliphatic rings. The normalized spacial score (nSPS) is 10.4. The smallest absolute Gasteiger partial charge is 0.277 e. The molecule has 0 radical (unpaired) electrons. The van der Waals surface area contributed by atoms with Crippen molar-refractivity contribution in [3.63, 3.8) is 0 Å². The van der Waals surface area contributed by atoms with Gasteiger partial charge in [-0.25, -0.2) is 4.68 Å². The summed E-state index contributed by atoms with van der Waals surface area (Å²) >= 11 is 0. The van der Waals surface area contributed by atoms with Gasteiger partial charge in [0.1, 0.15) is 0 Å². The van der Waals surface area contributed by atoms with Gasteiger partial charge in [0.2, 0.25) is 0 Å². The molecule has 4 nitrogen and oxygen atoms in total. The van der Waals surface area contributed by atoms with E-state index >= 15 is 0 Å². The SMILES string of the molecule is Cc1ccc(-c2cc(C=O)c(=O)n(C)n2)c(C)c1. The third kappa shape index (κ3) is 2.09. The molecule has 0 saturated heterocycles. The van der Waals surface area contributed by atoms with E-state index in [9.17, 15) is 9.59 Å². The minimum absolute atomic E-state index is 0.127. The number of benzene rings is 1. The van der Waals surface area contributed by atoms with E-state index in [4.69, 9.17) is 0 Å². The van der Waals surface area contributed by atoms with Crippen molar-refractivity contribution in [1.82, 2.24) is 9.78 Å². The zero-order chi connectivity index (χ0) is 13.3. The van der Waals surface area contributed by atoms with Crippen molar-refractivity contribution in [2.45, 2.75) is 13.8 Å². The molecule has 1 aromatic carbocycles. The Morgan fingerprint density at radius 1 is 1.22 bits per heavy atom. The topological polar surface area (TPSA) is 52.0 Å². The van der Waals surface area contributed by atoms with Crippen molar-refractivity contribution in [1.29, 1.82) is 0 Å². The summed E-state index contributed by atoms with van der Waals surface area (Å²) in [6, 6.07) is 7.51. The predicted molar refractivity (Wildman–Crippen MR) is 69.8 cm³/mol. The lowest BCUT2D eigenvalue weighted by Crippen LogP contribution is -2.23. The van der Waals surface area contributed by atoms with Crippen molar-refractivity contribution in [3.05, 3.63) is 51.3 Å². The van der Waals surface area contributed by atoms with Gasteiger partial charge in [-0.05, 0) is 25.5 Å². The third-order valence-electron chi connectivity index (χ3n) is 2.88. The van der Waals surface area contributed by atoms with Gasteiger partial charge in [-0.2, -0.15) is 5.10 Å². The number of nitrogens with zero attached hydrogens (tertiary/aromatic N) is 2. The number of hydrogen-bond acceptors (Lipinski definition) is 3. The fraction of sp³-hybridized carbons (Fsp3) is 0.214. The first kappa shape index (κ1) is 12.2. The van der Waals surface area contributed by atoms with Crippen LogP contribution in [0.3, 0.4) is 0 Å². The maximum atomic E-state index is 11.6. The van der Waals surface area contributed by atoms with Gasteiger partial charge >= 0.3 is 0 Å². The van der Waals surface area contributed by atoms with Gasteiger partial charge in [0.15, 0.2) is 6.29 Å². The number of aryl methyl sites for hydroxylation is 3. The van der Waals surface area contributed by atoms with Gasteiger partial charge in [-0.15, -0.1) is 0 Å². The summed E-state index contributed by atoms with van der Waals surface area (Å²) in [6.07, 6.45) is 0.567. The van der Waals surface area contributed by atoms with Crippen LogP contribution in [0, 0.1) is 13.8 Å². The summed E-state index contributed by atoms with van der Waals surface area (Å²) in [4.78, 5) is 22.5. The summed E-state index contributed by atoms with van der Waals surface area (Å²) in [6.45, 7) is 4.00. The zero-order valence-electron chi connectivity index (χ0n) is 10.6. The Bertz CT molecular complexity index is 672. The van der Waals surface area contributed by atoms with Crippen LogP contribution < -0.4 is 5.56 Å². The zero-order valence-corrected chi connectivity index (χ0v) is 10.6. The summed E-state index contributed by atoms with van der Waals surface area (Å²) in [7, 11) is 1.54. The molecule has 0 spiro atoms. The number of carbonyl (C=O) groups excluding carboxylic acids is 1. The van der Waals surface area contributed by atoms with Crippen LogP contribution in [-0.4, -0.2) is 16.1 Å². The van der Waals surface area contributed by atoms with Crippen LogP contribution in [0.1, 0.15) is 21.5 Å². The molecule has 4 heteroatoms. The highest BCUT2D eigenvalue weighted by molar-refractivity contribution is 5.77. The van der Waals surface area contributed by atoms with Crippen LogP contribution in [0.2, 0.25) is 0 Å². The molecule has 2 aromatic rings. The van der Waals surface area contributed by atoms with Gasteiger partial charge in [0.05, 0.1) is 11.3 Å². The Kier molecular flexibility index (Phi) is 3.10. The lowest BCUT2D eigenvalue weighted by Gasteiger charge is -2.08. The van der Waals surface area contributed by atoms with Gasteiger partial charge < -0.3 is 0 Å². The van der Waals surface area contributed by atoms with Gasteiger partial charge in [-0.1, -0.05) is 23.8 Å². The van der Waals surface area contributed by atoms with E-state index in [0.29, 0.717) is 12.0 Å². The first-order chi connectivity index (χ1) is 8.52. The fourth-order valence-corrected chi connectivity index (χ4v) is 1.95. The standard InChI is InChI=1S/C14H14N2O2/c1-9-4-5-12(10(2)6-9)13-7-11(8-17)14(18)16(3)15-13/h4-8H,1-3H3. The number of aldehydes is 1. The molecule has 92 valence electrons. The number of rotatable bonds is 2. The van der Waals surface area contributed by atoms with E-state index in [2.05, 4.69) is 5.10 Å². The molecule has 1 heterocycles. The quantitative estimate of drug-likeness (QED) is 0.755. The molecule has 1 aromatic heterocycles. The van der Waals surface area contributed by atoms with Crippen molar-refractivity contribution in [3.8, 4) is 11.3 Å². The molecule has 0 aliphatic heterocycles. The average Bonchev–Trinajstić information content (AvgIpc) is 2.32. The highest BCUT2D eigenvalue weighted by Crippen LogP contribution is 2.21. The van der Waals surface area contributed by atoms with E-state index in [-0.39, 0.29) is 11.1 Å². The van der Waals surface area contributed by atoms with Crippen LogP contribution in [0.25, 0.3) is 11.3 Å². The molecule has 0 fully saturated rings. The number of hydrogen-bond donors (Lipinski definition) is 0. The Balaban J connectivity index is 2.68. The lowest BCUT2D eigenvalue weighted by molar-refractivity contribution is 0.112. The molecule has 0 amide bonds. The first-order valence-electron chi connectivity index (χ1n) is 5.64. The lowest BCUT2D eigenvalue weighted by atomic mass is 10.0. The van der Waals surface area contributed by atoms with Crippen LogP contribution in [0.5, 0.6) is 0 Å². The minimum Gasteiger partial charge on any atom is -0.298 e. The number of aromatic nitrogens is 2. The molecule has 0 saturated carbocycles. The van der Waals surface area contributed by atoms with Crippen LogP contribution in [0.15, 0.2) is 29.1 Å². The first-order valence-corrected chi connectivity index (χ1v) is 5.64. The Morgan fingerprint density at radius 3 is 2.56 bits per heavy atom. The predicted octanol–water partition coefficient (Wildman–Crippen LogP) is 1.88. The molecule has 0 atom stereocenters. The van der Waals surface area contributed by atoms with E-state index in [0.717, 1.165) is 16.7 Å². The molecular weight excluding hydrogens is 228 g/mol. The van der Waals surface area contributed by atoms with E-state index in [1.165, 1.54) is 10.7 Å². The van der Waals surface area contributed by atoms with E-state index in [1.54, 1.807) is 7.05 Å². The molecule has 0 bridgehead atoms. The molecule has 0 N–H and O–H groups in total. The second-order valence-electron chi connectivity index (χ2n) is 4.35. The highest BCUT2D eigenvalue weighted by Gasteiger charge is 2.09. The molecular formula is C14H14N2O2. The number of carbonyl (C=O) groups is 1. The van der Waals surface area contributed by atoms with Crippen molar-refractivity contribution in [2.75, 3.05) is 0 Å². The Labute approximate surface area is 105 Å². The monoisotopic (exact) mass is 242 g/mol. The summed E-state index contributed by atoms with van der Waals surface area (Å²) < 4.78 is 1.19. The van der Waals surface area contributed by atoms with Crippen molar-refractivity contribution < 1.29 is 4.79 Å². The van der Waals surface area contributed by atoms with E-state index < -0.39 is 0 Å². The van der Waals surface area contributed by atoms with Crippen LogP contribution in [0.4, 0.5) is 0 Å². The van der Waals surface area contributed by atoms with Crippen molar-refractivity contribution >= 4 is 6.29 Å². The summed E-state index contributed by atoms with van der Waals surface area (Å²) in [5.41, 5.74) is 3.55. The largest absolute Gasteiger partial charge is 0.298 e.